The number of esters is 1. The van der Waals surface area contributed by atoms with Gasteiger partial charge in [0.2, 0.25) is 0 Å². The minimum Gasteiger partial charge on any atom is -0.454 e. The summed E-state index contributed by atoms with van der Waals surface area (Å²) >= 11 is 0. The minimum atomic E-state index is -0.231. The summed E-state index contributed by atoms with van der Waals surface area (Å²) in [4.78, 5) is 11.8. The Morgan fingerprint density at radius 2 is 2.00 bits per heavy atom. The van der Waals surface area contributed by atoms with E-state index in [1.807, 2.05) is 25.1 Å². The molecule has 1 aliphatic heterocycles. The normalized spacial score (nSPS) is 18.4. The number of carbonyl (C=O) groups is 1. The molecule has 0 aliphatic carbocycles. The van der Waals surface area contributed by atoms with Gasteiger partial charge in [0, 0.05) is 6.42 Å². The molecule has 0 fully saturated rings. The Morgan fingerprint density at radius 1 is 1.33 bits per heavy atom. The molecule has 0 radical (unpaired) electrons. The first-order valence-electron chi connectivity index (χ1n) is 6.26. The molecule has 1 heterocycles. The minimum absolute atomic E-state index is 0.157. The van der Waals surface area contributed by atoms with E-state index in [0.29, 0.717) is 12.0 Å². The van der Waals surface area contributed by atoms with Crippen molar-refractivity contribution in [1.29, 1.82) is 0 Å². The lowest BCUT2D eigenvalue weighted by Gasteiger charge is -2.06. The van der Waals surface area contributed by atoms with Crippen LogP contribution in [0.25, 0.3) is 5.57 Å². The molecule has 2 nitrogen and oxygen atoms in total. The third-order valence-electron chi connectivity index (χ3n) is 3.05. The predicted octanol–water partition coefficient (Wildman–Crippen LogP) is 3.52. The molecule has 1 aromatic rings. The monoisotopic (exact) mass is 242 g/mol. The van der Waals surface area contributed by atoms with Crippen LogP contribution in [0, 0.1) is 0 Å². The third kappa shape index (κ3) is 2.70. The van der Waals surface area contributed by atoms with Crippen molar-refractivity contribution in [3.05, 3.63) is 53.6 Å². The van der Waals surface area contributed by atoms with E-state index in [-0.39, 0.29) is 12.1 Å². The molecule has 0 amide bonds. The smallest absolute Gasteiger partial charge is 0.339 e. The topological polar surface area (TPSA) is 26.3 Å². The summed E-state index contributed by atoms with van der Waals surface area (Å²) in [5.41, 5.74) is 3.89. The SMILES string of the molecule is C=C(C)C[C@@H]1C=C(c2ccc(CC)cc2)C(=O)O1. The molecule has 1 aromatic carbocycles. The van der Waals surface area contributed by atoms with E-state index in [1.54, 1.807) is 0 Å². The molecule has 0 saturated heterocycles. The predicted molar refractivity (Wildman–Crippen MR) is 73.1 cm³/mol. The fourth-order valence-electron chi connectivity index (χ4n) is 2.07. The van der Waals surface area contributed by atoms with Crippen molar-refractivity contribution in [2.24, 2.45) is 0 Å². The second-order valence-electron chi connectivity index (χ2n) is 4.74. The second kappa shape index (κ2) is 5.21. The van der Waals surface area contributed by atoms with Gasteiger partial charge in [-0.25, -0.2) is 4.79 Å². The number of hydrogen-bond donors (Lipinski definition) is 0. The molecule has 2 heteroatoms. The van der Waals surface area contributed by atoms with E-state index >= 15 is 0 Å². The summed E-state index contributed by atoms with van der Waals surface area (Å²) in [5, 5.41) is 0. The molecule has 1 atom stereocenters. The van der Waals surface area contributed by atoms with Crippen molar-refractivity contribution in [2.45, 2.75) is 32.8 Å². The van der Waals surface area contributed by atoms with Gasteiger partial charge in [0.25, 0.3) is 0 Å². The van der Waals surface area contributed by atoms with Crippen LogP contribution in [-0.2, 0) is 16.0 Å². The summed E-state index contributed by atoms with van der Waals surface area (Å²) in [6.07, 6.45) is 3.44. The fourth-order valence-corrected chi connectivity index (χ4v) is 2.07. The maximum absolute atomic E-state index is 11.8. The van der Waals surface area contributed by atoms with Crippen LogP contribution in [0.5, 0.6) is 0 Å². The van der Waals surface area contributed by atoms with Crippen LogP contribution >= 0.6 is 0 Å². The van der Waals surface area contributed by atoms with E-state index in [2.05, 4.69) is 25.6 Å². The van der Waals surface area contributed by atoms with E-state index < -0.39 is 0 Å². The molecular formula is C16H18O2. The standard InChI is InChI=1S/C16H18O2/c1-4-12-5-7-13(8-6-12)15-10-14(9-11(2)3)18-16(15)17/h5-8,10,14H,2,4,9H2,1,3H3/t14-/m1/s1. The van der Waals surface area contributed by atoms with Gasteiger partial charge in [0.05, 0.1) is 5.57 Å². The summed E-state index contributed by atoms with van der Waals surface area (Å²) < 4.78 is 5.30. The zero-order valence-corrected chi connectivity index (χ0v) is 10.9. The van der Waals surface area contributed by atoms with Crippen molar-refractivity contribution in [2.75, 3.05) is 0 Å². The second-order valence-corrected chi connectivity index (χ2v) is 4.74. The van der Waals surface area contributed by atoms with Crippen LogP contribution in [0.15, 0.2) is 42.5 Å². The fraction of sp³-hybridized carbons (Fsp3) is 0.312. The first-order valence-corrected chi connectivity index (χ1v) is 6.26. The van der Waals surface area contributed by atoms with Gasteiger partial charge in [0.1, 0.15) is 6.10 Å². The van der Waals surface area contributed by atoms with Crippen LogP contribution in [0.1, 0.15) is 31.4 Å². The number of hydrogen-bond acceptors (Lipinski definition) is 2. The molecule has 0 saturated carbocycles. The zero-order valence-electron chi connectivity index (χ0n) is 10.9. The highest BCUT2D eigenvalue weighted by Gasteiger charge is 2.26. The Bertz CT molecular complexity index is 494. The molecule has 1 aliphatic rings. The highest BCUT2D eigenvalue weighted by Crippen LogP contribution is 2.26. The van der Waals surface area contributed by atoms with Gasteiger partial charge in [-0.1, -0.05) is 43.3 Å². The molecule has 0 unspecified atom stereocenters. The lowest BCUT2D eigenvalue weighted by atomic mass is 10.0. The first kappa shape index (κ1) is 12.6. The van der Waals surface area contributed by atoms with Gasteiger partial charge >= 0.3 is 5.97 Å². The first-order chi connectivity index (χ1) is 8.60. The Kier molecular flexibility index (Phi) is 3.66. The van der Waals surface area contributed by atoms with Crippen LogP contribution < -0.4 is 0 Å². The van der Waals surface area contributed by atoms with E-state index in [4.69, 9.17) is 4.74 Å². The average molecular weight is 242 g/mol. The number of cyclic esters (lactones) is 1. The summed E-state index contributed by atoms with van der Waals surface area (Å²) in [7, 11) is 0. The molecule has 0 spiro atoms. The number of rotatable bonds is 4. The highest BCUT2D eigenvalue weighted by molar-refractivity contribution is 6.18. The maximum atomic E-state index is 11.8. The Hall–Kier alpha value is -1.83. The Morgan fingerprint density at radius 3 is 2.56 bits per heavy atom. The van der Waals surface area contributed by atoms with Gasteiger partial charge in [0.15, 0.2) is 0 Å². The Balaban J connectivity index is 2.20. The molecule has 0 bridgehead atoms. The van der Waals surface area contributed by atoms with Crippen molar-refractivity contribution < 1.29 is 9.53 Å². The highest BCUT2D eigenvalue weighted by atomic mass is 16.5. The number of ether oxygens (including phenoxy) is 1. The number of benzene rings is 1. The van der Waals surface area contributed by atoms with Crippen molar-refractivity contribution in [1.82, 2.24) is 0 Å². The van der Waals surface area contributed by atoms with Crippen molar-refractivity contribution in [3.8, 4) is 0 Å². The van der Waals surface area contributed by atoms with Gasteiger partial charge in [-0.15, -0.1) is 0 Å². The summed E-state index contributed by atoms with van der Waals surface area (Å²) in [6, 6.07) is 8.06. The molecule has 0 aromatic heterocycles. The maximum Gasteiger partial charge on any atom is 0.339 e. The van der Waals surface area contributed by atoms with Gasteiger partial charge in [-0.05, 0) is 30.5 Å². The van der Waals surface area contributed by atoms with Crippen LogP contribution in [0.2, 0.25) is 0 Å². The summed E-state index contributed by atoms with van der Waals surface area (Å²) in [5.74, 6) is -0.231. The third-order valence-corrected chi connectivity index (χ3v) is 3.05. The quantitative estimate of drug-likeness (QED) is 0.596. The average Bonchev–Trinajstić information content (AvgIpc) is 2.69. The van der Waals surface area contributed by atoms with Crippen LogP contribution in [0.3, 0.4) is 0 Å². The van der Waals surface area contributed by atoms with Crippen molar-refractivity contribution in [3.63, 3.8) is 0 Å². The Labute approximate surface area is 108 Å². The largest absolute Gasteiger partial charge is 0.454 e. The number of aryl methyl sites for hydroxylation is 1. The van der Waals surface area contributed by atoms with Gasteiger partial charge in [-0.3, -0.25) is 0 Å². The van der Waals surface area contributed by atoms with E-state index in [0.717, 1.165) is 17.6 Å². The molecule has 0 N–H and O–H groups in total. The van der Waals surface area contributed by atoms with Crippen LogP contribution in [-0.4, -0.2) is 12.1 Å². The molecule has 94 valence electrons. The molecule has 2 rings (SSSR count). The van der Waals surface area contributed by atoms with E-state index in [9.17, 15) is 4.79 Å². The zero-order chi connectivity index (χ0) is 13.1. The summed E-state index contributed by atoms with van der Waals surface area (Å²) in [6.45, 7) is 7.90. The lowest BCUT2D eigenvalue weighted by Crippen LogP contribution is -2.08. The van der Waals surface area contributed by atoms with Gasteiger partial charge < -0.3 is 4.74 Å². The van der Waals surface area contributed by atoms with Crippen LogP contribution in [0.4, 0.5) is 0 Å². The molecular weight excluding hydrogens is 224 g/mol. The van der Waals surface area contributed by atoms with Gasteiger partial charge in [-0.2, -0.15) is 0 Å². The van der Waals surface area contributed by atoms with E-state index in [1.165, 1.54) is 5.56 Å². The number of carbonyl (C=O) groups excluding carboxylic acids is 1. The van der Waals surface area contributed by atoms with Crippen molar-refractivity contribution >= 4 is 11.5 Å². The lowest BCUT2D eigenvalue weighted by molar-refractivity contribution is -0.137. The molecule has 18 heavy (non-hydrogen) atoms.